The second-order valence-electron chi connectivity index (χ2n) is 13.0. The van der Waals surface area contributed by atoms with E-state index in [1.807, 2.05) is 23.1 Å². The van der Waals surface area contributed by atoms with Crippen molar-refractivity contribution in [1.82, 2.24) is 24.5 Å². The molecule has 8 heteroatoms. The maximum absolute atomic E-state index is 11.9. The molecule has 43 heavy (non-hydrogen) atoms. The SMILES string of the molecule is CC(=O)N1CCC(c2nnc3ccc4nc(-c5ccc(C6(N)CC(O)(C7CC7)C6)cc5)c(-c5ccccc5)cc4n23)CC1. The minimum absolute atomic E-state index is 0.126. The van der Waals surface area contributed by atoms with Crippen molar-refractivity contribution in [3.8, 4) is 22.4 Å². The molecule has 1 saturated heterocycles. The zero-order chi connectivity index (χ0) is 29.3. The molecular weight excluding hydrogens is 536 g/mol. The molecule has 0 atom stereocenters. The highest BCUT2D eigenvalue weighted by Crippen LogP contribution is 2.57. The van der Waals surface area contributed by atoms with Gasteiger partial charge in [-0.15, -0.1) is 10.2 Å². The van der Waals surface area contributed by atoms with Crippen LogP contribution in [0.3, 0.4) is 0 Å². The Hall–Kier alpha value is -4.14. The van der Waals surface area contributed by atoms with Gasteiger partial charge in [0, 0.05) is 42.6 Å². The van der Waals surface area contributed by atoms with Gasteiger partial charge in [-0.2, -0.15) is 0 Å². The molecule has 0 bridgehead atoms. The van der Waals surface area contributed by atoms with Crippen molar-refractivity contribution in [3.63, 3.8) is 0 Å². The maximum atomic E-state index is 11.9. The largest absolute Gasteiger partial charge is 0.389 e. The van der Waals surface area contributed by atoms with E-state index in [1.54, 1.807) is 6.92 Å². The van der Waals surface area contributed by atoms with Gasteiger partial charge in [-0.1, -0.05) is 54.6 Å². The predicted octanol–water partition coefficient (Wildman–Crippen LogP) is 5.43. The Morgan fingerprint density at radius 1 is 0.907 bits per heavy atom. The van der Waals surface area contributed by atoms with Crippen LogP contribution < -0.4 is 5.73 Å². The van der Waals surface area contributed by atoms with Crippen LogP contribution >= 0.6 is 0 Å². The molecule has 1 amide bonds. The molecule has 3 fully saturated rings. The van der Waals surface area contributed by atoms with E-state index in [1.165, 1.54) is 0 Å². The number of carbonyl (C=O) groups is 1. The first-order valence-corrected chi connectivity index (χ1v) is 15.4. The molecule has 2 aromatic carbocycles. The lowest BCUT2D eigenvalue weighted by molar-refractivity contribution is -0.129. The lowest BCUT2D eigenvalue weighted by atomic mass is 9.60. The molecule has 0 radical (unpaired) electrons. The molecule has 0 spiro atoms. The molecule has 5 aromatic rings. The van der Waals surface area contributed by atoms with Crippen molar-refractivity contribution in [2.75, 3.05) is 13.1 Å². The predicted molar refractivity (Wildman–Crippen MR) is 166 cm³/mol. The number of nitrogens with two attached hydrogens (primary N) is 1. The Balaban J connectivity index is 1.20. The molecule has 8 nitrogen and oxygen atoms in total. The van der Waals surface area contributed by atoms with Crippen LogP contribution in [0.25, 0.3) is 39.1 Å². The van der Waals surface area contributed by atoms with Crippen LogP contribution in [0.4, 0.5) is 0 Å². The third-order valence-electron chi connectivity index (χ3n) is 10.1. The van der Waals surface area contributed by atoms with Crippen LogP contribution in [0.5, 0.6) is 0 Å². The fourth-order valence-electron chi connectivity index (χ4n) is 7.53. The topological polar surface area (TPSA) is 110 Å². The fraction of sp³-hybridized carbons (Fsp3) is 0.371. The summed E-state index contributed by atoms with van der Waals surface area (Å²) in [6, 6.07) is 25.0. The first-order chi connectivity index (χ1) is 20.8. The van der Waals surface area contributed by atoms with E-state index in [2.05, 4.69) is 69.2 Å². The highest BCUT2D eigenvalue weighted by atomic mass is 16.3. The van der Waals surface area contributed by atoms with Crippen molar-refractivity contribution < 1.29 is 9.90 Å². The number of benzene rings is 2. The number of aliphatic hydroxyl groups is 1. The van der Waals surface area contributed by atoms with E-state index in [4.69, 9.17) is 10.7 Å². The zero-order valence-corrected chi connectivity index (χ0v) is 24.4. The Morgan fingerprint density at radius 3 is 2.30 bits per heavy atom. The summed E-state index contributed by atoms with van der Waals surface area (Å²) >= 11 is 0. The van der Waals surface area contributed by atoms with Gasteiger partial charge in [0.2, 0.25) is 5.91 Å². The number of hydrogen-bond donors (Lipinski definition) is 2. The number of amides is 1. The van der Waals surface area contributed by atoms with Crippen molar-refractivity contribution >= 4 is 22.6 Å². The van der Waals surface area contributed by atoms with Crippen LogP contribution in [0.15, 0.2) is 72.8 Å². The molecule has 3 N–H and O–H groups in total. The fourth-order valence-corrected chi connectivity index (χ4v) is 7.53. The number of rotatable bonds is 5. The number of piperidine rings is 1. The standard InChI is InChI=1S/C35H36N6O2/c1-22(42)40-17-15-25(16-18-40)33-39-38-31-14-13-29-30(41(31)33)19-28(23-5-3-2-4-6-23)32(37-29)24-7-9-26(10-8-24)34(36)20-35(43,21-34)27-11-12-27/h2-10,13-14,19,25,27,43H,11-12,15-18,20-21,36H2,1H3. The smallest absolute Gasteiger partial charge is 0.219 e. The van der Waals surface area contributed by atoms with Crippen molar-refractivity contribution in [3.05, 3.63) is 84.2 Å². The summed E-state index contributed by atoms with van der Waals surface area (Å²) in [5.74, 6) is 1.70. The minimum atomic E-state index is -0.593. The second kappa shape index (κ2) is 9.69. The highest BCUT2D eigenvalue weighted by molar-refractivity contribution is 5.91. The average molecular weight is 573 g/mol. The number of pyridine rings is 2. The molecular formula is C35H36N6O2. The number of hydrogen-bond acceptors (Lipinski definition) is 6. The quantitative estimate of drug-likeness (QED) is 0.291. The van der Waals surface area contributed by atoms with E-state index in [-0.39, 0.29) is 11.8 Å². The van der Waals surface area contributed by atoms with E-state index < -0.39 is 11.1 Å². The van der Waals surface area contributed by atoms with E-state index in [0.717, 1.165) is 89.2 Å². The second-order valence-corrected chi connectivity index (χ2v) is 13.0. The third-order valence-corrected chi connectivity index (χ3v) is 10.1. The third kappa shape index (κ3) is 4.43. The normalized spacial score (nSPS) is 24.4. The molecule has 3 aromatic heterocycles. The van der Waals surface area contributed by atoms with Gasteiger partial charge in [0.1, 0.15) is 5.82 Å². The molecule has 1 aliphatic heterocycles. The van der Waals surface area contributed by atoms with Crippen LogP contribution in [0, 0.1) is 5.92 Å². The van der Waals surface area contributed by atoms with E-state index in [9.17, 15) is 9.90 Å². The molecule has 2 aliphatic carbocycles. The highest BCUT2D eigenvalue weighted by Gasteiger charge is 2.58. The lowest BCUT2D eigenvalue weighted by Gasteiger charge is -2.52. The van der Waals surface area contributed by atoms with Crippen molar-refractivity contribution in [1.29, 1.82) is 0 Å². The van der Waals surface area contributed by atoms with Gasteiger partial charge in [-0.3, -0.25) is 9.20 Å². The van der Waals surface area contributed by atoms with Gasteiger partial charge < -0.3 is 15.7 Å². The minimum Gasteiger partial charge on any atom is -0.389 e. The van der Waals surface area contributed by atoms with Crippen LogP contribution in [0.2, 0.25) is 0 Å². The van der Waals surface area contributed by atoms with Gasteiger partial charge >= 0.3 is 0 Å². The molecule has 3 aliphatic rings. The Bertz CT molecular complexity index is 1850. The summed E-state index contributed by atoms with van der Waals surface area (Å²) in [5.41, 5.74) is 13.5. The number of nitrogens with zero attached hydrogens (tertiary/aromatic N) is 5. The Kier molecular flexibility index (Phi) is 5.97. The molecule has 218 valence electrons. The summed E-state index contributed by atoms with van der Waals surface area (Å²) in [7, 11) is 0. The Morgan fingerprint density at radius 2 is 1.63 bits per heavy atom. The first kappa shape index (κ1) is 26.5. The first-order valence-electron chi connectivity index (χ1n) is 15.4. The number of carbonyl (C=O) groups excluding carboxylic acids is 1. The number of likely N-dealkylation sites (tertiary alicyclic amines) is 1. The monoisotopic (exact) mass is 572 g/mol. The zero-order valence-electron chi connectivity index (χ0n) is 24.4. The van der Waals surface area contributed by atoms with Crippen LogP contribution in [0.1, 0.15) is 62.8 Å². The summed E-state index contributed by atoms with van der Waals surface area (Å²) in [6.45, 7) is 3.10. The van der Waals surface area contributed by atoms with Gasteiger partial charge in [-0.05, 0) is 73.8 Å². The average Bonchev–Trinajstić information content (AvgIpc) is 3.79. The summed E-state index contributed by atoms with van der Waals surface area (Å²) < 4.78 is 2.16. The van der Waals surface area contributed by atoms with Gasteiger partial charge in [0.25, 0.3) is 0 Å². The number of fused-ring (bicyclic) bond motifs is 3. The van der Waals surface area contributed by atoms with Gasteiger partial charge in [0.05, 0.1) is 22.3 Å². The summed E-state index contributed by atoms with van der Waals surface area (Å²) in [5, 5.41) is 20.1. The van der Waals surface area contributed by atoms with Crippen molar-refractivity contribution in [2.45, 2.75) is 62.5 Å². The van der Waals surface area contributed by atoms with E-state index >= 15 is 0 Å². The van der Waals surface area contributed by atoms with Gasteiger partial charge in [0.15, 0.2) is 5.65 Å². The maximum Gasteiger partial charge on any atom is 0.219 e. The summed E-state index contributed by atoms with van der Waals surface area (Å²) in [6.07, 6.45) is 5.20. The van der Waals surface area contributed by atoms with E-state index in [0.29, 0.717) is 18.8 Å². The lowest BCUT2D eigenvalue weighted by Crippen LogP contribution is -2.60. The molecule has 2 saturated carbocycles. The summed E-state index contributed by atoms with van der Waals surface area (Å²) in [4.78, 5) is 19.1. The molecule has 0 unspecified atom stereocenters. The van der Waals surface area contributed by atoms with Crippen molar-refractivity contribution in [2.24, 2.45) is 11.7 Å². The number of aromatic nitrogens is 4. The van der Waals surface area contributed by atoms with Gasteiger partial charge in [-0.25, -0.2) is 4.98 Å². The van der Waals surface area contributed by atoms with Crippen LogP contribution in [-0.2, 0) is 10.3 Å². The van der Waals surface area contributed by atoms with Crippen LogP contribution in [-0.4, -0.2) is 54.2 Å². The Labute approximate surface area is 250 Å². The molecule has 8 rings (SSSR count). The molecule has 4 heterocycles.